The molecule has 4 nitrogen and oxygen atoms in total. The van der Waals surface area contributed by atoms with Crippen LogP contribution in [-0.2, 0) is 6.61 Å². The van der Waals surface area contributed by atoms with Crippen LogP contribution in [0.3, 0.4) is 0 Å². The smallest absolute Gasteiger partial charge is 0.203 e. The summed E-state index contributed by atoms with van der Waals surface area (Å²) in [5.41, 5.74) is 0.726. The minimum absolute atomic E-state index is 0.236. The van der Waals surface area contributed by atoms with Crippen molar-refractivity contribution >= 4 is 23.2 Å². The molecule has 0 fully saturated rings. The molecule has 20 heavy (non-hydrogen) atoms. The van der Waals surface area contributed by atoms with E-state index in [1.165, 1.54) is 0 Å². The number of rotatable bonds is 5. The van der Waals surface area contributed by atoms with Crippen LogP contribution >= 0.6 is 23.2 Å². The Kier molecular flexibility index (Phi) is 4.93. The van der Waals surface area contributed by atoms with Gasteiger partial charge in [-0.3, -0.25) is 0 Å². The molecule has 0 saturated carbocycles. The van der Waals surface area contributed by atoms with Gasteiger partial charge in [0, 0.05) is 11.8 Å². The molecule has 0 spiro atoms. The van der Waals surface area contributed by atoms with Crippen molar-refractivity contribution in [3.8, 4) is 17.2 Å². The van der Waals surface area contributed by atoms with Crippen LogP contribution in [0, 0.1) is 0 Å². The van der Waals surface area contributed by atoms with Crippen LogP contribution in [0.2, 0.25) is 10.2 Å². The van der Waals surface area contributed by atoms with E-state index in [0.29, 0.717) is 27.4 Å². The molecule has 0 bridgehead atoms. The molecule has 0 aliphatic rings. The molecule has 2 rings (SSSR count). The van der Waals surface area contributed by atoms with E-state index in [-0.39, 0.29) is 6.61 Å². The number of hydrogen-bond acceptors (Lipinski definition) is 4. The van der Waals surface area contributed by atoms with Crippen LogP contribution in [0.25, 0.3) is 0 Å². The second-order valence-corrected chi connectivity index (χ2v) is 4.67. The molecule has 0 saturated heterocycles. The largest absolute Gasteiger partial charge is 0.493 e. The molecule has 2 aromatic rings. The van der Waals surface area contributed by atoms with Gasteiger partial charge in [0.1, 0.15) is 11.8 Å². The molecule has 1 aromatic heterocycles. The normalized spacial score (nSPS) is 10.2. The molecule has 0 aliphatic heterocycles. The fourth-order valence-electron chi connectivity index (χ4n) is 1.65. The lowest BCUT2D eigenvalue weighted by Crippen LogP contribution is -2.01. The van der Waals surface area contributed by atoms with E-state index >= 15 is 0 Å². The van der Waals surface area contributed by atoms with E-state index in [1.54, 1.807) is 38.6 Å². The molecule has 0 aliphatic carbocycles. The summed E-state index contributed by atoms with van der Waals surface area (Å²) in [6.45, 7) is 0.236. The summed E-state index contributed by atoms with van der Waals surface area (Å²) in [6, 6.07) is 6.97. The van der Waals surface area contributed by atoms with Gasteiger partial charge < -0.3 is 14.2 Å². The van der Waals surface area contributed by atoms with Gasteiger partial charge in [-0.1, -0.05) is 29.3 Å². The SMILES string of the molecule is COc1cccc(OC)c1OCc1cnc(Cl)cc1Cl. The lowest BCUT2D eigenvalue weighted by Gasteiger charge is -2.14. The van der Waals surface area contributed by atoms with Crippen molar-refractivity contribution in [2.24, 2.45) is 0 Å². The summed E-state index contributed by atoms with van der Waals surface area (Å²) in [7, 11) is 3.14. The van der Waals surface area contributed by atoms with Crippen molar-refractivity contribution in [2.75, 3.05) is 14.2 Å². The van der Waals surface area contributed by atoms with Gasteiger partial charge in [-0.05, 0) is 18.2 Å². The second-order valence-electron chi connectivity index (χ2n) is 3.88. The Morgan fingerprint density at radius 2 is 1.75 bits per heavy atom. The molecule has 1 aromatic carbocycles. The Morgan fingerprint density at radius 1 is 1.10 bits per heavy atom. The lowest BCUT2D eigenvalue weighted by molar-refractivity contribution is 0.265. The van der Waals surface area contributed by atoms with Crippen molar-refractivity contribution in [1.29, 1.82) is 0 Å². The van der Waals surface area contributed by atoms with E-state index in [4.69, 9.17) is 37.4 Å². The maximum Gasteiger partial charge on any atom is 0.203 e. The third-order valence-corrected chi connectivity index (χ3v) is 3.21. The van der Waals surface area contributed by atoms with E-state index in [1.807, 2.05) is 6.07 Å². The van der Waals surface area contributed by atoms with Crippen LogP contribution in [0.1, 0.15) is 5.56 Å². The molecule has 0 unspecified atom stereocenters. The summed E-state index contributed by atoms with van der Waals surface area (Å²) < 4.78 is 16.2. The fourth-order valence-corrected chi connectivity index (χ4v) is 2.07. The van der Waals surface area contributed by atoms with Crippen LogP contribution in [0.4, 0.5) is 0 Å². The predicted octanol–water partition coefficient (Wildman–Crippen LogP) is 3.98. The summed E-state index contributed by atoms with van der Waals surface area (Å²) in [4.78, 5) is 3.98. The highest BCUT2D eigenvalue weighted by Gasteiger charge is 2.12. The third-order valence-electron chi connectivity index (χ3n) is 2.65. The molecule has 0 amide bonds. The summed E-state index contributed by atoms with van der Waals surface area (Å²) in [5.74, 6) is 1.69. The van der Waals surface area contributed by atoms with Gasteiger partial charge in [-0.15, -0.1) is 0 Å². The molecule has 0 radical (unpaired) electrons. The predicted molar refractivity (Wildman–Crippen MR) is 78.1 cm³/mol. The molecule has 0 N–H and O–H groups in total. The number of ether oxygens (including phenoxy) is 3. The average molecular weight is 314 g/mol. The third kappa shape index (κ3) is 3.26. The van der Waals surface area contributed by atoms with Gasteiger partial charge in [0.2, 0.25) is 5.75 Å². The summed E-state index contributed by atoms with van der Waals surface area (Å²) >= 11 is 11.8. The average Bonchev–Trinajstić information content (AvgIpc) is 2.46. The number of aromatic nitrogens is 1. The van der Waals surface area contributed by atoms with Crippen molar-refractivity contribution in [1.82, 2.24) is 4.98 Å². The Morgan fingerprint density at radius 3 is 2.30 bits per heavy atom. The first-order chi connectivity index (χ1) is 9.65. The Balaban J connectivity index is 2.22. The number of hydrogen-bond donors (Lipinski definition) is 0. The Bertz CT molecular complexity index is 583. The van der Waals surface area contributed by atoms with Crippen LogP contribution in [-0.4, -0.2) is 19.2 Å². The van der Waals surface area contributed by atoms with Crippen LogP contribution in [0.15, 0.2) is 30.5 Å². The molecular formula is C14H13Cl2NO3. The van der Waals surface area contributed by atoms with E-state index in [2.05, 4.69) is 4.98 Å². The number of para-hydroxylation sites is 1. The standard InChI is InChI=1S/C14H13Cl2NO3/c1-18-11-4-3-5-12(19-2)14(11)20-8-9-7-17-13(16)6-10(9)15/h3-7H,8H2,1-2H3. The minimum atomic E-state index is 0.236. The second kappa shape index (κ2) is 6.68. The summed E-state index contributed by atoms with van der Waals surface area (Å²) in [6.07, 6.45) is 1.58. The molecule has 6 heteroatoms. The number of halogens is 2. The van der Waals surface area contributed by atoms with Crippen molar-refractivity contribution in [2.45, 2.75) is 6.61 Å². The van der Waals surface area contributed by atoms with Gasteiger partial charge >= 0.3 is 0 Å². The topological polar surface area (TPSA) is 40.6 Å². The first kappa shape index (κ1) is 14.8. The zero-order valence-corrected chi connectivity index (χ0v) is 12.5. The van der Waals surface area contributed by atoms with E-state index in [9.17, 15) is 0 Å². The maximum atomic E-state index is 6.08. The van der Waals surface area contributed by atoms with Crippen molar-refractivity contribution < 1.29 is 14.2 Å². The highest BCUT2D eigenvalue weighted by Crippen LogP contribution is 2.37. The Labute approximate surface area is 127 Å². The zero-order chi connectivity index (χ0) is 14.5. The number of methoxy groups -OCH3 is 2. The maximum absolute atomic E-state index is 6.08. The Hall–Kier alpha value is -1.65. The monoisotopic (exact) mass is 313 g/mol. The quantitative estimate of drug-likeness (QED) is 0.783. The van der Waals surface area contributed by atoms with Gasteiger partial charge in [-0.2, -0.15) is 0 Å². The first-order valence-corrected chi connectivity index (χ1v) is 6.55. The number of pyridine rings is 1. The molecule has 0 atom stereocenters. The molecule has 1 heterocycles. The highest BCUT2D eigenvalue weighted by molar-refractivity contribution is 6.34. The molecular weight excluding hydrogens is 301 g/mol. The van der Waals surface area contributed by atoms with Crippen molar-refractivity contribution in [3.63, 3.8) is 0 Å². The number of nitrogens with zero attached hydrogens (tertiary/aromatic N) is 1. The summed E-state index contributed by atoms with van der Waals surface area (Å²) in [5, 5.41) is 0.840. The molecule has 106 valence electrons. The fraction of sp³-hybridized carbons (Fsp3) is 0.214. The highest BCUT2D eigenvalue weighted by atomic mass is 35.5. The van der Waals surface area contributed by atoms with E-state index < -0.39 is 0 Å². The zero-order valence-electron chi connectivity index (χ0n) is 11.0. The van der Waals surface area contributed by atoms with Gasteiger partial charge in [0.15, 0.2) is 11.5 Å². The van der Waals surface area contributed by atoms with Crippen LogP contribution < -0.4 is 14.2 Å². The first-order valence-electron chi connectivity index (χ1n) is 5.79. The van der Waals surface area contributed by atoms with Gasteiger partial charge in [0.05, 0.1) is 19.2 Å². The van der Waals surface area contributed by atoms with E-state index in [0.717, 1.165) is 5.56 Å². The number of benzene rings is 1. The van der Waals surface area contributed by atoms with Crippen molar-refractivity contribution in [3.05, 3.63) is 46.2 Å². The van der Waals surface area contributed by atoms with Gasteiger partial charge in [0.25, 0.3) is 0 Å². The minimum Gasteiger partial charge on any atom is -0.493 e. The van der Waals surface area contributed by atoms with Crippen LogP contribution in [0.5, 0.6) is 17.2 Å². The lowest BCUT2D eigenvalue weighted by atomic mass is 10.2. The van der Waals surface area contributed by atoms with Gasteiger partial charge in [-0.25, -0.2) is 4.98 Å².